The zero-order chi connectivity index (χ0) is 22.3. The lowest BCUT2D eigenvalue weighted by molar-refractivity contribution is 0.0186. The quantitative estimate of drug-likeness (QED) is 0.554. The minimum atomic E-state index is -0.502. The van der Waals surface area contributed by atoms with E-state index < -0.39 is 5.60 Å². The molecule has 0 saturated carbocycles. The highest BCUT2D eigenvalue weighted by molar-refractivity contribution is 5.78. The number of ether oxygens (including phenoxy) is 4. The molecule has 2 rings (SSSR count). The zero-order valence-corrected chi connectivity index (χ0v) is 18.9. The fraction of sp³-hybridized carbons (Fsp3) is 0.619. The van der Waals surface area contributed by atoms with Crippen LogP contribution in [-0.4, -0.2) is 81.5 Å². The van der Waals surface area contributed by atoms with Gasteiger partial charge in [-0.1, -0.05) is 0 Å². The van der Waals surface area contributed by atoms with E-state index in [1.807, 2.05) is 37.8 Å². The third kappa shape index (κ3) is 6.33. The molecule has 30 heavy (non-hydrogen) atoms. The standard InChI is InChI=1S/C21H34N4O5/c1-21(2,3)30-20(26)25-11-9-24(10-12-25)19(22)23-8-7-16-17(28-5)13-15(27-4)14-18(16)29-6/h13-14H,7-12H2,1-6H3,(H2,22,23). The lowest BCUT2D eigenvalue weighted by Crippen LogP contribution is -2.53. The van der Waals surface area contributed by atoms with E-state index in [0.29, 0.717) is 62.4 Å². The third-order valence-corrected chi connectivity index (χ3v) is 4.71. The van der Waals surface area contributed by atoms with E-state index >= 15 is 0 Å². The summed E-state index contributed by atoms with van der Waals surface area (Å²) in [5.41, 5.74) is 6.59. The largest absolute Gasteiger partial charge is 0.496 e. The van der Waals surface area contributed by atoms with E-state index in [-0.39, 0.29) is 6.09 Å². The van der Waals surface area contributed by atoms with Crippen LogP contribution in [0.2, 0.25) is 0 Å². The topological polar surface area (TPSA) is 98.9 Å². The molecule has 1 saturated heterocycles. The molecular weight excluding hydrogens is 388 g/mol. The van der Waals surface area contributed by atoms with Crippen molar-refractivity contribution in [3.8, 4) is 17.2 Å². The van der Waals surface area contributed by atoms with Crippen molar-refractivity contribution in [2.45, 2.75) is 32.8 Å². The Morgan fingerprint density at radius 1 is 1.00 bits per heavy atom. The predicted octanol–water partition coefficient (Wildman–Crippen LogP) is 2.12. The van der Waals surface area contributed by atoms with Crippen molar-refractivity contribution in [1.29, 1.82) is 0 Å². The summed E-state index contributed by atoms with van der Waals surface area (Å²) in [5.74, 6) is 2.50. The van der Waals surface area contributed by atoms with Gasteiger partial charge in [0.1, 0.15) is 22.8 Å². The fourth-order valence-corrected chi connectivity index (χ4v) is 3.15. The normalized spacial score (nSPS) is 15.1. The molecule has 0 unspecified atom stereocenters. The van der Waals surface area contributed by atoms with Gasteiger partial charge in [0, 0.05) is 50.4 Å². The van der Waals surface area contributed by atoms with E-state index in [2.05, 4.69) is 4.99 Å². The van der Waals surface area contributed by atoms with Crippen molar-refractivity contribution in [1.82, 2.24) is 9.80 Å². The summed E-state index contributed by atoms with van der Waals surface area (Å²) in [5, 5.41) is 0. The summed E-state index contributed by atoms with van der Waals surface area (Å²) >= 11 is 0. The first kappa shape index (κ1) is 23.4. The Bertz CT molecular complexity index is 727. The number of hydrogen-bond donors (Lipinski definition) is 1. The second-order valence-electron chi connectivity index (χ2n) is 7.95. The van der Waals surface area contributed by atoms with Crippen LogP contribution in [0.5, 0.6) is 17.2 Å². The monoisotopic (exact) mass is 422 g/mol. The summed E-state index contributed by atoms with van der Waals surface area (Å²) in [6.07, 6.45) is 0.311. The molecule has 168 valence electrons. The van der Waals surface area contributed by atoms with Gasteiger partial charge in [0.2, 0.25) is 0 Å². The lowest BCUT2D eigenvalue weighted by atomic mass is 10.1. The first-order valence-corrected chi connectivity index (χ1v) is 10.00. The van der Waals surface area contributed by atoms with Gasteiger partial charge in [-0.25, -0.2) is 4.79 Å². The molecule has 1 aromatic carbocycles. The number of carbonyl (C=O) groups excluding carboxylic acids is 1. The number of hydrogen-bond acceptors (Lipinski definition) is 6. The van der Waals surface area contributed by atoms with Gasteiger partial charge in [0.15, 0.2) is 5.96 Å². The molecule has 1 aliphatic rings. The number of aliphatic imine (C=N–C) groups is 1. The van der Waals surface area contributed by atoms with Gasteiger partial charge in [-0.15, -0.1) is 0 Å². The fourth-order valence-electron chi connectivity index (χ4n) is 3.15. The minimum Gasteiger partial charge on any atom is -0.496 e. The number of guanidine groups is 1. The number of nitrogens with two attached hydrogens (primary N) is 1. The maximum absolute atomic E-state index is 12.2. The summed E-state index contributed by atoms with van der Waals surface area (Å²) < 4.78 is 21.6. The Morgan fingerprint density at radius 3 is 2.00 bits per heavy atom. The molecule has 0 radical (unpaired) electrons. The number of rotatable bonds is 6. The molecular formula is C21H34N4O5. The number of amides is 1. The molecule has 9 nitrogen and oxygen atoms in total. The number of carbonyl (C=O) groups is 1. The van der Waals surface area contributed by atoms with Crippen LogP contribution in [0.25, 0.3) is 0 Å². The molecule has 2 N–H and O–H groups in total. The Kier molecular flexibility index (Phi) is 8.02. The molecule has 1 amide bonds. The second kappa shape index (κ2) is 10.3. The van der Waals surface area contributed by atoms with Gasteiger partial charge < -0.3 is 34.5 Å². The molecule has 9 heteroatoms. The average Bonchev–Trinajstić information content (AvgIpc) is 2.72. The van der Waals surface area contributed by atoms with Crippen LogP contribution in [0.3, 0.4) is 0 Å². The van der Waals surface area contributed by atoms with E-state index in [0.717, 1.165) is 5.56 Å². The van der Waals surface area contributed by atoms with Crippen molar-refractivity contribution < 1.29 is 23.7 Å². The van der Waals surface area contributed by atoms with Crippen LogP contribution in [0.4, 0.5) is 4.79 Å². The van der Waals surface area contributed by atoms with Gasteiger partial charge in [-0.3, -0.25) is 4.99 Å². The number of nitrogens with zero attached hydrogens (tertiary/aromatic N) is 3. The van der Waals surface area contributed by atoms with Crippen LogP contribution in [-0.2, 0) is 11.2 Å². The molecule has 0 bridgehead atoms. The van der Waals surface area contributed by atoms with Crippen molar-refractivity contribution in [3.63, 3.8) is 0 Å². The highest BCUT2D eigenvalue weighted by Crippen LogP contribution is 2.34. The van der Waals surface area contributed by atoms with Gasteiger partial charge >= 0.3 is 6.09 Å². The van der Waals surface area contributed by atoms with Crippen molar-refractivity contribution in [3.05, 3.63) is 17.7 Å². The number of piperazine rings is 1. The Morgan fingerprint density at radius 2 is 1.53 bits per heavy atom. The molecule has 0 atom stereocenters. The van der Waals surface area contributed by atoms with E-state index in [9.17, 15) is 4.79 Å². The lowest BCUT2D eigenvalue weighted by Gasteiger charge is -2.36. The molecule has 0 spiro atoms. The first-order chi connectivity index (χ1) is 14.2. The maximum atomic E-state index is 12.2. The Balaban J connectivity index is 1.93. The molecule has 1 aliphatic heterocycles. The van der Waals surface area contributed by atoms with Crippen molar-refractivity contribution in [2.75, 3.05) is 54.1 Å². The average molecular weight is 423 g/mol. The SMILES string of the molecule is COc1cc(OC)c(CCN=C(N)N2CCN(C(=O)OC(C)(C)C)CC2)c(OC)c1. The van der Waals surface area contributed by atoms with Crippen LogP contribution in [0.1, 0.15) is 26.3 Å². The minimum absolute atomic E-state index is 0.295. The Hall–Kier alpha value is -2.84. The second-order valence-corrected chi connectivity index (χ2v) is 7.95. The molecule has 0 aliphatic carbocycles. The maximum Gasteiger partial charge on any atom is 0.410 e. The van der Waals surface area contributed by atoms with E-state index in [1.165, 1.54) is 0 Å². The van der Waals surface area contributed by atoms with E-state index in [4.69, 9.17) is 24.7 Å². The molecule has 1 aromatic rings. The predicted molar refractivity (Wildman–Crippen MR) is 116 cm³/mol. The first-order valence-electron chi connectivity index (χ1n) is 10.00. The summed E-state index contributed by atoms with van der Waals surface area (Å²) in [6.45, 7) is 8.39. The molecule has 1 heterocycles. The highest BCUT2D eigenvalue weighted by Gasteiger charge is 2.26. The van der Waals surface area contributed by atoms with E-state index in [1.54, 1.807) is 26.2 Å². The Labute approximate surface area is 178 Å². The zero-order valence-electron chi connectivity index (χ0n) is 18.9. The van der Waals surface area contributed by atoms with Crippen LogP contribution >= 0.6 is 0 Å². The molecule has 1 fully saturated rings. The van der Waals surface area contributed by atoms with Gasteiger partial charge in [-0.05, 0) is 27.2 Å². The van der Waals surface area contributed by atoms with Crippen LogP contribution in [0.15, 0.2) is 17.1 Å². The number of benzene rings is 1. The molecule has 0 aromatic heterocycles. The van der Waals surface area contributed by atoms with Crippen molar-refractivity contribution in [2.24, 2.45) is 10.7 Å². The van der Waals surface area contributed by atoms with Gasteiger partial charge in [0.05, 0.1) is 21.3 Å². The van der Waals surface area contributed by atoms with Crippen LogP contribution < -0.4 is 19.9 Å². The summed E-state index contributed by atoms with van der Waals surface area (Å²) in [7, 11) is 4.82. The summed E-state index contributed by atoms with van der Waals surface area (Å²) in [4.78, 5) is 20.4. The van der Waals surface area contributed by atoms with Gasteiger partial charge in [-0.2, -0.15) is 0 Å². The summed E-state index contributed by atoms with van der Waals surface area (Å²) in [6, 6.07) is 3.64. The third-order valence-electron chi connectivity index (χ3n) is 4.71. The van der Waals surface area contributed by atoms with Crippen LogP contribution in [0, 0.1) is 0 Å². The highest BCUT2D eigenvalue weighted by atomic mass is 16.6. The van der Waals surface area contributed by atoms with Gasteiger partial charge in [0.25, 0.3) is 0 Å². The van der Waals surface area contributed by atoms with Crippen molar-refractivity contribution >= 4 is 12.1 Å². The smallest absolute Gasteiger partial charge is 0.410 e. The number of methoxy groups -OCH3 is 3.